The summed E-state index contributed by atoms with van der Waals surface area (Å²) < 4.78 is 34.1. The smallest absolute Gasteiger partial charge is 0.265 e. The van der Waals surface area contributed by atoms with E-state index in [-0.39, 0.29) is 23.3 Å². The van der Waals surface area contributed by atoms with Gasteiger partial charge >= 0.3 is 0 Å². The number of carbonyl (C=O) groups is 2. The largest absolute Gasteiger partial charge is 0.480 e. The Labute approximate surface area is 197 Å². The number of anilines is 1. The lowest BCUT2D eigenvalue weighted by Gasteiger charge is -2.14. The van der Waals surface area contributed by atoms with E-state index in [0.717, 1.165) is 35.2 Å². The molecule has 1 aromatic carbocycles. The molecule has 3 rings (SSSR count). The average molecular weight is 497 g/mol. The van der Waals surface area contributed by atoms with Gasteiger partial charge in [0, 0.05) is 27.2 Å². The minimum absolute atomic E-state index is 0.0311. The first-order chi connectivity index (χ1) is 15.6. The number of thiazole rings is 1. The summed E-state index contributed by atoms with van der Waals surface area (Å²) in [5.41, 5.74) is 0.547. The van der Waals surface area contributed by atoms with Gasteiger partial charge in [0.25, 0.3) is 5.91 Å². The van der Waals surface area contributed by atoms with Crippen molar-refractivity contribution in [1.29, 1.82) is 0 Å². The lowest BCUT2D eigenvalue weighted by Crippen LogP contribution is -2.21. The van der Waals surface area contributed by atoms with Crippen molar-refractivity contribution in [3.8, 4) is 5.75 Å². The van der Waals surface area contributed by atoms with Crippen LogP contribution >= 0.6 is 23.1 Å². The third-order valence-corrected chi connectivity index (χ3v) is 6.49. The lowest BCUT2D eigenvalue weighted by molar-refractivity contribution is -0.113. The summed E-state index contributed by atoms with van der Waals surface area (Å²) in [4.78, 5) is 30.6. The summed E-state index contributed by atoms with van der Waals surface area (Å²) in [7, 11) is 4.99. The van der Waals surface area contributed by atoms with Crippen molar-refractivity contribution in [3.63, 3.8) is 0 Å². The first-order valence-corrected chi connectivity index (χ1v) is 11.5. The number of amides is 2. The first-order valence-electron chi connectivity index (χ1n) is 9.69. The van der Waals surface area contributed by atoms with Crippen molar-refractivity contribution < 1.29 is 23.1 Å². The molecule has 176 valence electrons. The van der Waals surface area contributed by atoms with Crippen LogP contribution in [0.3, 0.4) is 0 Å². The summed E-state index contributed by atoms with van der Waals surface area (Å²) in [5.74, 6) is -1.68. The molecule has 1 atom stereocenters. The van der Waals surface area contributed by atoms with Crippen LogP contribution in [0.4, 0.5) is 13.9 Å². The molecule has 0 spiro atoms. The standard InChI is InChI=1S/C20H22F2N6O3S2/c1-10-16(18(30)27(3)4)33-19(23-10)24-15(29)9-32-20-26-25-17(28(20)5)11(2)31-14-7-6-12(21)8-13(14)22/h6-8,11H,9H2,1-5H3,(H,23,24,29). The average Bonchev–Trinajstić information content (AvgIpc) is 3.29. The Kier molecular flexibility index (Phi) is 7.64. The Morgan fingerprint density at radius 1 is 1.30 bits per heavy atom. The van der Waals surface area contributed by atoms with Gasteiger partial charge in [0.05, 0.1) is 11.4 Å². The van der Waals surface area contributed by atoms with E-state index in [9.17, 15) is 18.4 Å². The highest BCUT2D eigenvalue weighted by atomic mass is 32.2. The van der Waals surface area contributed by atoms with E-state index in [1.807, 2.05) is 0 Å². The molecular formula is C20H22F2N6O3S2. The van der Waals surface area contributed by atoms with Crippen LogP contribution in [0.5, 0.6) is 5.75 Å². The predicted molar refractivity (Wildman–Crippen MR) is 121 cm³/mol. The van der Waals surface area contributed by atoms with E-state index in [1.165, 1.54) is 11.0 Å². The Hall–Kier alpha value is -3.06. The lowest BCUT2D eigenvalue weighted by atomic mass is 10.3. The van der Waals surface area contributed by atoms with Crippen molar-refractivity contribution >= 4 is 40.0 Å². The molecule has 0 fully saturated rings. The maximum Gasteiger partial charge on any atom is 0.265 e. The van der Waals surface area contributed by atoms with Crippen LogP contribution in [0.25, 0.3) is 0 Å². The Balaban J connectivity index is 1.59. The molecule has 0 radical (unpaired) electrons. The van der Waals surface area contributed by atoms with E-state index in [4.69, 9.17) is 4.74 Å². The van der Waals surface area contributed by atoms with Gasteiger partial charge in [0.15, 0.2) is 33.8 Å². The summed E-state index contributed by atoms with van der Waals surface area (Å²) in [6.07, 6.45) is -0.670. The fourth-order valence-electron chi connectivity index (χ4n) is 2.76. The summed E-state index contributed by atoms with van der Waals surface area (Å²) >= 11 is 2.26. The van der Waals surface area contributed by atoms with Gasteiger partial charge in [-0.15, -0.1) is 10.2 Å². The molecule has 9 nitrogen and oxygen atoms in total. The molecule has 33 heavy (non-hydrogen) atoms. The van der Waals surface area contributed by atoms with Gasteiger partial charge in [-0.05, 0) is 26.0 Å². The van der Waals surface area contributed by atoms with Crippen LogP contribution in [-0.4, -0.2) is 56.3 Å². The van der Waals surface area contributed by atoms with Gasteiger partial charge < -0.3 is 19.5 Å². The molecule has 3 aromatic rings. The fourth-order valence-corrected chi connectivity index (χ4v) is 4.48. The SMILES string of the molecule is Cc1nc(NC(=O)CSc2nnc(C(C)Oc3ccc(F)cc3F)n2C)sc1C(=O)N(C)C. The summed E-state index contributed by atoms with van der Waals surface area (Å²) in [6.45, 7) is 3.37. The number of aryl methyl sites for hydroxylation is 1. The number of hydrogen-bond acceptors (Lipinski definition) is 8. The van der Waals surface area contributed by atoms with Gasteiger partial charge in [0.1, 0.15) is 10.7 Å². The van der Waals surface area contributed by atoms with E-state index in [1.54, 1.807) is 39.6 Å². The number of carbonyl (C=O) groups excluding carboxylic acids is 2. The second-order valence-electron chi connectivity index (χ2n) is 7.20. The highest BCUT2D eigenvalue weighted by molar-refractivity contribution is 7.99. The minimum atomic E-state index is -0.817. The third-order valence-electron chi connectivity index (χ3n) is 4.41. The zero-order valence-electron chi connectivity index (χ0n) is 18.5. The van der Waals surface area contributed by atoms with Crippen molar-refractivity contribution in [2.45, 2.75) is 25.1 Å². The third kappa shape index (κ3) is 5.85. The molecule has 0 aliphatic rings. The molecule has 0 aliphatic carbocycles. The number of ether oxygens (including phenoxy) is 1. The molecule has 0 bridgehead atoms. The number of aromatic nitrogens is 4. The zero-order chi connectivity index (χ0) is 24.3. The Bertz CT molecular complexity index is 1180. The van der Waals surface area contributed by atoms with E-state index < -0.39 is 17.7 Å². The van der Waals surface area contributed by atoms with E-state index in [0.29, 0.717) is 26.7 Å². The Morgan fingerprint density at radius 2 is 2.03 bits per heavy atom. The minimum Gasteiger partial charge on any atom is -0.480 e. The highest BCUT2D eigenvalue weighted by Crippen LogP contribution is 2.27. The zero-order valence-corrected chi connectivity index (χ0v) is 20.2. The number of nitrogens with zero attached hydrogens (tertiary/aromatic N) is 5. The normalized spacial score (nSPS) is 11.8. The van der Waals surface area contributed by atoms with Gasteiger partial charge in [-0.2, -0.15) is 0 Å². The quantitative estimate of drug-likeness (QED) is 0.477. The number of halogens is 2. The predicted octanol–water partition coefficient (Wildman–Crippen LogP) is 3.43. The molecule has 13 heteroatoms. The second-order valence-corrected chi connectivity index (χ2v) is 9.15. The highest BCUT2D eigenvalue weighted by Gasteiger charge is 2.21. The van der Waals surface area contributed by atoms with Crippen molar-refractivity contribution in [2.24, 2.45) is 7.05 Å². The van der Waals surface area contributed by atoms with Gasteiger partial charge in [-0.1, -0.05) is 23.1 Å². The van der Waals surface area contributed by atoms with Crippen molar-refractivity contribution in [3.05, 3.63) is 46.2 Å². The molecule has 2 aromatic heterocycles. The monoisotopic (exact) mass is 496 g/mol. The molecule has 2 amide bonds. The molecule has 0 saturated carbocycles. The maximum atomic E-state index is 13.8. The number of nitrogens with one attached hydrogen (secondary N) is 1. The molecule has 0 saturated heterocycles. The van der Waals surface area contributed by atoms with Crippen molar-refractivity contribution in [2.75, 3.05) is 25.2 Å². The van der Waals surface area contributed by atoms with Crippen LogP contribution in [0.2, 0.25) is 0 Å². The maximum absolute atomic E-state index is 13.8. The molecule has 2 heterocycles. The fraction of sp³-hybridized carbons (Fsp3) is 0.350. The van der Waals surface area contributed by atoms with Crippen molar-refractivity contribution in [1.82, 2.24) is 24.6 Å². The van der Waals surface area contributed by atoms with Gasteiger partial charge in [0.2, 0.25) is 5.91 Å². The van der Waals surface area contributed by atoms with Crippen LogP contribution in [0.1, 0.15) is 34.2 Å². The summed E-state index contributed by atoms with van der Waals surface area (Å²) in [6, 6.07) is 3.04. The molecular weight excluding hydrogens is 474 g/mol. The van der Waals surface area contributed by atoms with Gasteiger partial charge in [-0.25, -0.2) is 13.8 Å². The van der Waals surface area contributed by atoms with Crippen LogP contribution in [0, 0.1) is 18.6 Å². The van der Waals surface area contributed by atoms with Crippen LogP contribution < -0.4 is 10.1 Å². The van der Waals surface area contributed by atoms with E-state index in [2.05, 4.69) is 20.5 Å². The molecule has 1 unspecified atom stereocenters. The van der Waals surface area contributed by atoms with Gasteiger partial charge in [-0.3, -0.25) is 9.59 Å². The Morgan fingerprint density at radius 3 is 2.70 bits per heavy atom. The molecule has 0 aliphatic heterocycles. The number of benzene rings is 1. The van der Waals surface area contributed by atoms with Crippen LogP contribution in [-0.2, 0) is 11.8 Å². The van der Waals surface area contributed by atoms with Crippen LogP contribution in [0.15, 0.2) is 23.4 Å². The topological polar surface area (TPSA) is 102 Å². The number of rotatable bonds is 8. The first kappa shape index (κ1) is 24.6. The van der Waals surface area contributed by atoms with E-state index >= 15 is 0 Å². The molecule has 1 N–H and O–H groups in total. The summed E-state index contributed by atoms with van der Waals surface area (Å²) in [5, 5.41) is 11.6. The number of hydrogen-bond donors (Lipinski definition) is 1. The second kappa shape index (κ2) is 10.3. The number of thioether (sulfide) groups is 1.